The normalized spacial score (nSPS) is 10.9. The van der Waals surface area contributed by atoms with Crippen molar-refractivity contribution in [3.05, 3.63) is 59.1 Å². The van der Waals surface area contributed by atoms with Gasteiger partial charge >= 0.3 is 0 Å². The van der Waals surface area contributed by atoms with Crippen LogP contribution < -0.4 is 0 Å². The van der Waals surface area contributed by atoms with Crippen molar-refractivity contribution in [2.24, 2.45) is 0 Å². The maximum Gasteiger partial charge on any atom is 0.107 e. The van der Waals surface area contributed by atoms with E-state index in [4.69, 9.17) is 11.6 Å². The lowest BCUT2D eigenvalue weighted by Crippen LogP contribution is -1.95. The van der Waals surface area contributed by atoms with Crippen LogP contribution in [0.25, 0.3) is 11.0 Å². The summed E-state index contributed by atoms with van der Waals surface area (Å²) in [4.78, 5) is 12.1. The fourth-order valence-corrected chi connectivity index (χ4v) is 2.12. The van der Waals surface area contributed by atoms with Crippen LogP contribution in [0, 0.1) is 0 Å². The number of nitrogens with one attached hydrogen (secondary N) is 1. The molecule has 18 heavy (non-hydrogen) atoms. The molecular weight excluding hydrogens is 246 g/mol. The summed E-state index contributed by atoms with van der Waals surface area (Å²) in [6.07, 6.45) is 3.55. The minimum Gasteiger partial charge on any atom is -0.342 e. The van der Waals surface area contributed by atoms with Crippen LogP contribution in [0.5, 0.6) is 0 Å². The monoisotopic (exact) mass is 257 g/mol. The van der Waals surface area contributed by atoms with Crippen LogP contribution in [-0.2, 0) is 12.8 Å². The average molecular weight is 258 g/mol. The molecule has 0 atom stereocenters. The van der Waals surface area contributed by atoms with Crippen molar-refractivity contribution < 1.29 is 0 Å². The van der Waals surface area contributed by atoms with E-state index >= 15 is 0 Å². The van der Waals surface area contributed by atoms with Crippen LogP contribution in [0.15, 0.2) is 42.6 Å². The van der Waals surface area contributed by atoms with Crippen LogP contribution in [0.1, 0.15) is 11.5 Å². The lowest BCUT2D eigenvalue weighted by atomic mass is 10.2. The minimum absolute atomic E-state index is 0.724. The Morgan fingerprint density at radius 3 is 2.89 bits per heavy atom. The molecule has 0 bridgehead atoms. The molecule has 0 saturated carbocycles. The average Bonchev–Trinajstić information content (AvgIpc) is 2.79. The highest BCUT2D eigenvalue weighted by atomic mass is 35.5. The molecular formula is C14H12ClN3. The van der Waals surface area contributed by atoms with E-state index in [-0.39, 0.29) is 0 Å². The summed E-state index contributed by atoms with van der Waals surface area (Å²) in [5.41, 5.74) is 3.02. The standard InChI is InChI=1S/C14H12ClN3/c15-10-4-6-12-13(9-10)18-14(17-12)7-5-11-3-1-2-8-16-11/h1-4,6,8-9H,5,7H2,(H,17,18). The van der Waals surface area contributed by atoms with Gasteiger partial charge in [0.2, 0.25) is 0 Å². The summed E-state index contributed by atoms with van der Waals surface area (Å²) < 4.78 is 0. The van der Waals surface area contributed by atoms with Crippen molar-refractivity contribution in [1.82, 2.24) is 15.0 Å². The van der Waals surface area contributed by atoms with Crippen molar-refractivity contribution in [3.8, 4) is 0 Å². The van der Waals surface area contributed by atoms with Crippen molar-refractivity contribution in [2.45, 2.75) is 12.8 Å². The molecule has 0 saturated heterocycles. The third kappa shape index (κ3) is 2.36. The molecule has 90 valence electrons. The number of H-pyrrole nitrogens is 1. The molecule has 0 unspecified atom stereocenters. The van der Waals surface area contributed by atoms with Crippen molar-refractivity contribution in [3.63, 3.8) is 0 Å². The number of fused-ring (bicyclic) bond motifs is 1. The highest BCUT2D eigenvalue weighted by Gasteiger charge is 2.04. The fourth-order valence-electron chi connectivity index (χ4n) is 1.95. The van der Waals surface area contributed by atoms with Gasteiger partial charge < -0.3 is 4.98 Å². The van der Waals surface area contributed by atoms with Crippen LogP contribution in [0.4, 0.5) is 0 Å². The third-order valence-corrected chi connectivity index (χ3v) is 3.07. The molecule has 0 spiro atoms. The first-order valence-corrected chi connectivity index (χ1v) is 6.23. The number of rotatable bonds is 3. The molecule has 1 aromatic carbocycles. The number of aryl methyl sites for hydroxylation is 2. The molecule has 3 nitrogen and oxygen atoms in total. The molecule has 0 amide bonds. The molecule has 1 N–H and O–H groups in total. The first-order chi connectivity index (χ1) is 8.81. The molecule has 0 fully saturated rings. The van der Waals surface area contributed by atoms with E-state index in [0.717, 1.165) is 40.4 Å². The predicted molar refractivity (Wildman–Crippen MR) is 72.7 cm³/mol. The van der Waals surface area contributed by atoms with E-state index in [1.807, 2.05) is 42.6 Å². The van der Waals surface area contributed by atoms with Crippen molar-refractivity contribution in [2.75, 3.05) is 0 Å². The Morgan fingerprint density at radius 1 is 1.11 bits per heavy atom. The maximum absolute atomic E-state index is 5.94. The van der Waals surface area contributed by atoms with Gasteiger partial charge in [-0.3, -0.25) is 4.98 Å². The second kappa shape index (κ2) is 4.78. The van der Waals surface area contributed by atoms with Gasteiger partial charge in [0.15, 0.2) is 0 Å². The zero-order valence-corrected chi connectivity index (χ0v) is 10.5. The lowest BCUT2D eigenvalue weighted by Gasteiger charge is -1.96. The summed E-state index contributed by atoms with van der Waals surface area (Å²) in [6.45, 7) is 0. The summed E-state index contributed by atoms with van der Waals surface area (Å²) in [7, 11) is 0. The van der Waals surface area contributed by atoms with Crippen LogP contribution >= 0.6 is 11.6 Å². The molecule has 2 heterocycles. The summed E-state index contributed by atoms with van der Waals surface area (Å²) in [5.74, 6) is 0.970. The third-order valence-electron chi connectivity index (χ3n) is 2.84. The lowest BCUT2D eigenvalue weighted by molar-refractivity contribution is 0.861. The second-order valence-electron chi connectivity index (χ2n) is 4.17. The Bertz CT molecular complexity index is 661. The zero-order chi connectivity index (χ0) is 12.4. The van der Waals surface area contributed by atoms with Gasteiger partial charge in [0.05, 0.1) is 11.0 Å². The van der Waals surface area contributed by atoms with Gasteiger partial charge in [-0.25, -0.2) is 4.98 Å². The zero-order valence-electron chi connectivity index (χ0n) is 9.73. The van der Waals surface area contributed by atoms with Gasteiger partial charge in [-0.2, -0.15) is 0 Å². The number of aromatic amines is 1. The number of aromatic nitrogens is 3. The van der Waals surface area contributed by atoms with Gasteiger partial charge in [0, 0.05) is 23.3 Å². The van der Waals surface area contributed by atoms with E-state index in [1.54, 1.807) is 0 Å². The number of hydrogen-bond acceptors (Lipinski definition) is 2. The van der Waals surface area contributed by atoms with Gasteiger partial charge in [0.25, 0.3) is 0 Å². The molecule has 4 heteroatoms. The molecule has 2 aromatic heterocycles. The molecule has 0 aliphatic heterocycles. The molecule has 3 rings (SSSR count). The Balaban J connectivity index is 1.79. The SMILES string of the molecule is Clc1ccc2nc(CCc3ccccn3)[nH]c2c1. The number of halogens is 1. The highest BCUT2D eigenvalue weighted by Crippen LogP contribution is 2.17. The Labute approximate surface area is 110 Å². The minimum atomic E-state index is 0.724. The van der Waals surface area contributed by atoms with Crippen LogP contribution in [0.2, 0.25) is 5.02 Å². The van der Waals surface area contributed by atoms with Gasteiger partial charge in [-0.1, -0.05) is 17.7 Å². The Kier molecular flexibility index (Phi) is 2.99. The van der Waals surface area contributed by atoms with Crippen LogP contribution in [0.3, 0.4) is 0 Å². The Hall–Kier alpha value is -1.87. The maximum atomic E-state index is 5.94. The highest BCUT2D eigenvalue weighted by molar-refractivity contribution is 6.31. The topological polar surface area (TPSA) is 41.6 Å². The van der Waals surface area contributed by atoms with Crippen molar-refractivity contribution in [1.29, 1.82) is 0 Å². The van der Waals surface area contributed by atoms with E-state index in [0.29, 0.717) is 0 Å². The summed E-state index contributed by atoms with van der Waals surface area (Å²) in [5, 5.41) is 0.724. The summed E-state index contributed by atoms with van der Waals surface area (Å²) >= 11 is 5.94. The fraction of sp³-hybridized carbons (Fsp3) is 0.143. The van der Waals surface area contributed by atoms with E-state index in [2.05, 4.69) is 15.0 Å². The van der Waals surface area contributed by atoms with Gasteiger partial charge in [0.1, 0.15) is 5.82 Å². The van der Waals surface area contributed by atoms with E-state index in [1.165, 1.54) is 0 Å². The van der Waals surface area contributed by atoms with E-state index < -0.39 is 0 Å². The molecule has 3 aromatic rings. The number of pyridine rings is 1. The number of nitrogens with zero attached hydrogens (tertiary/aromatic N) is 2. The quantitative estimate of drug-likeness (QED) is 0.781. The largest absolute Gasteiger partial charge is 0.342 e. The van der Waals surface area contributed by atoms with Gasteiger partial charge in [-0.15, -0.1) is 0 Å². The first-order valence-electron chi connectivity index (χ1n) is 5.85. The summed E-state index contributed by atoms with van der Waals surface area (Å²) in [6, 6.07) is 11.6. The second-order valence-corrected chi connectivity index (χ2v) is 4.60. The number of benzene rings is 1. The Morgan fingerprint density at radius 2 is 2.06 bits per heavy atom. The predicted octanol–water partition coefficient (Wildman–Crippen LogP) is 3.40. The van der Waals surface area contributed by atoms with Gasteiger partial charge in [-0.05, 0) is 36.8 Å². The number of hydrogen-bond donors (Lipinski definition) is 1. The molecule has 0 aliphatic carbocycles. The van der Waals surface area contributed by atoms with Crippen LogP contribution in [-0.4, -0.2) is 15.0 Å². The smallest absolute Gasteiger partial charge is 0.107 e. The first kappa shape index (κ1) is 11.2. The molecule has 0 radical (unpaired) electrons. The number of imidazole rings is 1. The van der Waals surface area contributed by atoms with E-state index in [9.17, 15) is 0 Å². The molecule has 0 aliphatic rings. The van der Waals surface area contributed by atoms with Crippen molar-refractivity contribution >= 4 is 22.6 Å².